The second kappa shape index (κ2) is 3.79. The SMILES string of the molecule is C=CCOC(=O)N1C[C@@]2(C(=O)O)C[C@@H]1CO2. The van der Waals surface area contributed by atoms with E-state index in [4.69, 9.17) is 14.6 Å². The Morgan fingerprint density at radius 3 is 3.00 bits per heavy atom. The number of carbonyl (C=O) groups excluding carboxylic acids is 1. The van der Waals surface area contributed by atoms with Gasteiger partial charge in [0.25, 0.3) is 0 Å². The van der Waals surface area contributed by atoms with E-state index in [2.05, 4.69) is 6.58 Å². The quantitative estimate of drug-likeness (QED) is 0.699. The molecule has 0 aromatic carbocycles. The molecule has 2 saturated heterocycles. The van der Waals surface area contributed by atoms with Crippen LogP contribution in [0.2, 0.25) is 0 Å². The molecule has 2 fully saturated rings. The summed E-state index contributed by atoms with van der Waals surface area (Å²) in [4.78, 5) is 24.0. The lowest BCUT2D eigenvalue weighted by atomic mass is 10.0. The first-order chi connectivity index (χ1) is 7.59. The Balaban J connectivity index is 2.03. The maximum absolute atomic E-state index is 11.6. The van der Waals surface area contributed by atoms with E-state index < -0.39 is 17.7 Å². The molecule has 0 radical (unpaired) electrons. The summed E-state index contributed by atoms with van der Waals surface area (Å²) in [6, 6.07) is -0.187. The first kappa shape index (κ1) is 10.9. The lowest BCUT2D eigenvalue weighted by molar-refractivity contribution is -0.162. The van der Waals surface area contributed by atoms with Crippen LogP contribution in [0.5, 0.6) is 0 Å². The number of hydrogen-bond donors (Lipinski definition) is 1. The molecular weight excluding hydrogens is 214 g/mol. The minimum atomic E-state index is -1.22. The first-order valence-electron chi connectivity index (χ1n) is 5.01. The zero-order valence-electron chi connectivity index (χ0n) is 8.72. The standard InChI is InChI=1S/C10H13NO5/c1-2-3-15-9(14)11-6-10(8(12)13)4-7(11)5-16-10/h2,7H,1,3-6H2,(H,12,13)/t7-,10-/m1/s1. The zero-order valence-corrected chi connectivity index (χ0v) is 8.72. The summed E-state index contributed by atoms with van der Waals surface area (Å²) in [5.41, 5.74) is -1.22. The molecule has 1 amide bonds. The van der Waals surface area contributed by atoms with E-state index in [0.29, 0.717) is 6.42 Å². The lowest BCUT2D eigenvalue weighted by Gasteiger charge is -2.29. The molecule has 2 rings (SSSR count). The van der Waals surface area contributed by atoms with Gasteiger partial charge in [0.15, 0.2) is 5.60 Å². The van der Waals surface area contributed by atoms with Crippen LogP contribution in [0, 0.1) is 0 Å². The van der Waals surface area contributed by atoms with Gasteiger partial charge in [-0.2, -0.15) is 0 Å². The Morgan fingerprint density at radius 2 is 2.44 bits per heavy atom. The number of carboxylic acid groups (broad SMARTS) is 1. The predicted octanol–water partition coefficient (Wildman–Crippen LogP) is 0.237. The summed E-state index contributed by atoms with van der Waals surface area (Å²) in [6.45, 7) is 3.88. The summed E-state index contributed by atoms with van der Waals surface area (Å²) >= 11 is 0. The van der Waals surface area contributed by atoms with Gasteiger partial charge in [0.1, 0.15) is 6.61 Å². The number of carboxylic acids is 1. The number of aliphatic carboxylic acids is 1. The Bertz CT molecular complexity index is 342. The Kier molecular flexibility index (Phi) is 2.59. The number of amides is 1. The van der Waals surface area contributed by atoms with Gasteiger partial charge in [-0.1, -0.05) is 12.7 Å². The number of ether oxygens (including phenoxy) is 2. The fourth-order valence-corrected chi connectivity index (χ4v) is 2.11. The van der Waals surface area contributed by atoms with Crippen molar-refractivity contribution in [2.45, 2.75) is 18.1 Å². The molecule has 0 aliphatic carbocycles. The number of nitrogens with zero attached hydrogens (tertiary/aromatic N) is 1. The summed E-state index contributed by atoms with van der Waals surface area (Å²) in [7, 11) is 0. The molecule has 0 unspecified atom stereocenters. The normalized spacial score (nSPS) is 31.5. The molecule has 16 heavy (non-hydrogen) atoms. The highest BCUT2D eigenvalue weighted by molar-refractivity contribution is 5.81. The molecule has 2 bridgehead atoms. The molecule has 0 spiro atoms. The summed E-state index contributed by atoms with van der Waals surface area (Å²) < 4.78 is 10.1. The van der Waals surface area contributed by atoms with Gasteiger partial charge in [-0.3, -0.25) is 4.90 Å². The molecule has 0 aromatic heterocycles. The highest BCUT2D eigenvalue weighted by atomic mass is 16.6. The van der Waals surface area contributed by atoms with Crippen LogP contribution >= 0.6 is 0 Å². The minimum Gasteiger partial charge on any atom is -0.479 e. The van der Waals surface area contributed by atoms with Crippen LogP contribution in [-0.2, 0) is 14.3 Å². The average Bonchev–Trinajstić information content (AvgIpc) is 2.84. The maximum atomic E-state index is 11.6. The molecule has 2 atom stereocenters. The van der Waals surface area contributed by atoms with Gasteiger partial charge >= 0.3 is 12.1 Å². The van der Waals surface area contributed by atoms with E-state index in [9.17, 15) is 9.59 Å². The third kappa shape index (κ3) is 1.55. The smallest absolute Gasteiger partial charge is 0.410 e. The molecule has 88 valence electrons. The van der Waals surface area contributed by atoms with E-state index >= 15 is 0 Å². The number of fused-ring (bicyclic) bond motifs is 2. The van der Waals surface area contributed by atoms with Crippen molar-refractivity contribution in [2.75, 3.05) is 19.8 Å². The van der Waals surface area contributed by atoms with Crippen LogP contribution < -0.4 is 0 Å². The number of rotatable bonds is 3. The number of carbonyl (C=O) groups is 2. The summed E-state index contributed by atoms with van der Waals surface area (Å²) in [5.74, 6) is -1.02. The van der Waals surface area contributed by atoms with Crippen molar-refractivity contribution in [1.82, 2.24) is 4.90 Å². The third-order valence-electron chi connectivity index (χ3n) is 2.93. The minimum absolute atomic E-state index is 0.0585. The Labute approximate surface area is 92.4 Å². The van der Waals surface area contributed by atoms with Crippen molar-refractivity contribution in [3.63, 3.8) is 0 Å². The van der Waals surface area contributed by atoms with Crippen LogP contribution in [0.3, 0.4) is 0 Å². The van der Waals surface area contributed by atoms with Crippen LogP contribution in [0.15, 0.2) is 12.7 Å². The summed E-state index contributed by atoms with van der Waals surface area (Å²) in [5, 5.41) is 9.05. The van der Waals surface area contributed by atoms with Crippen molar-refractivity contribution in [1.29, 1.82) is 0 Å². The second-order valence-corrected chi connectivity index (χ2v) is 3.96. The monoisotopic (exact) mass is 227 g/mol. The summed E-state index contributed by atoms with van der Waals surface area (Å²) in [6.07, 6.45) is 1.30. The largest absolute Gasteiger partial charge is 0.479 e. The highest BCUT2D eigenvalue weighted by Gasteiger charge is 2.58. The van der Waals surface area contributed by atoms with Gasteiger partial charge in [-0.15, -0.1) is 0 Å². The van der Waals surface area contributed by atoms with Crippen molar-refractivity contribution < 1.29 is 24.2 Å². The lowest BCUT2D eigenvalue weighted by Crippen LogP contribution is -2.49. The molecule has 0 saturated carbocycles. The third-order valence-corrected chi connectivity index (χ3v) is 2.93. The first-order valence-corrected chi connectivity index (χ1v) is 5.01. The number of morpholine rings is 1. The molecule has 2 aliphatic heterocycles. The number of likely N-dealkylation sites (tertiary alicyclic amines) is 1. The van der Waals surface area contributed by atoms with E-state index in [1.54, 1.807) is 0 Å². The van der Waals surface area contributed by atoms with Crippen LogP contribution in [0.4, 0.5) is 4.79 Å². The molecule has 0 aromatic rings. The van der Waals surface area contributed by atoms with E-state index in [-0.39, 0.29) is 25.8 Å². The van der Waals surface area contributed by atoms with E-state index in [0.717, 1.165) is 0 Å². The van der Waals surface area contributed by atoms with E-state index in [1.165, 1.54) is 11.0 Å². The van der Waals surface area contributed by atoms with Gasteiger partial charge in [0, 0.05) is 6.42 Å². The van der Waals surface area contributed by atoms with Crippen LogP contribution in [-0.4, -0.2) is 53.5 Å². The highest BCUT2D eigenvalue weighted by Crippen LogP contribution is 2.37. The zero-order chi connectivity index (χ0) is 11.8. The Hall–Kier alpha value is -1.56. The fourth-order valence-electron chi connectivity index (χ4n) is 2.11. The maximum Gasteiger partial charge on any atom is 0.410 e. The van der Waals surface area contributed by atoms with Crippen LogP contribution in [0.25, 0.3) is 0 Å². The average molecular weight is 227 g/mol. The Morgan fingerprint density at radius 1 is 1.69 bits per heavy atom. The van der Waals surface area contributed by atoms with Gasteiger partial charge in [0.05, 0.1) is 19.2 Å². The second-order valence-electron chi connectivity index (χ2n) is 3.96. The number of hydrogen-bond acceptors (Lipinski definition) is 4. The van der Waals surface area contributed by atoms with Gasteiger partial charge in [-0.05, 0) is 0 Å². The van der Waals surface area contributed by atoms with Crippen molar-refractivity contribution in [3.05, 3.63) is 12.7 Å². The molecular formula is C10H13NO5. The van der Waals surface area contributed by atoms with Gasteiger partial charge in [-0.25, -0.2) is 9.59 Å². The molecule has 2 heterocycles. The predicted molar refractivity (Wildman–Crippen MR) is 53.0 cm³/mol. The van der Waals surface area contributed by atoms with E-state index in [1.807, 2.05) is 0 Å². The molecule has 2 aliphatic rings. The van der Waals surface area contributed by atoms with Crippen molar-refractivity contribution in [2.24, 2.45) is 0 Å². The molecule has 6 nitrogen and oxygen atoms in total. The van der Waals surface area contributed by atoms with Crippen LogP contribution in [0.1, 0.15) is 6.42 Å². The van der Waals surface area contributed by atoms with Crippen molar-refractivity contribution >= 4 is 12.1 Å². The fraction of sp³-hybridized carbons (Fsp3) is 0.600. The van der Waals surface area contributed by atoms with Gasteiger partial charge < -0.3 is 14.6 Å². The molecule has 6 heteroatoms. The topological polar surface area (TPSA) is 76.1 Å². The van der Waals surface area contributed by atoms with Crippen molar-refractivity contribution in [3.8, 4) is 0 Å². The van der Waals surface area contributed by atoms with Gasteiger partial charge in [0.2, 0.25) is 0 Å². The molecule has 1 N–H and O–H groups in total.